The summed E-state index contributed by atoms with van der Waals surface area (Å²) in [5.74, 6) is -0.642. The Kier molecular flexibility index (Phi) is 7.03. The summed E-state index contributed by atoms with van der Waals surface area (Å²) in [6.45, 7) is 3.87. The van der Waals surface area contributed by atoms with Gasteiger partial charge in [0.1, 0.15) is 5.56 Å². The van der Waals surface area contributed by atoms with Gasteiger partial charge in [-0.2, -0.15) is 0 Å². The molecule has 2 aromatic carbocycles. The summed E-state index contributed by atoms with van der Waals surface area (Å²) in [4.78, 5) is 45.0. The maximum atomic E-state index is 13.5. The maximum absolute atomic E-state index is 13.5. The Labute approximate surface area is 193 Å². The SMILES string of the molecule is CCCN1CCN(C(=O)c2ccc[nH]c2=O)C[C@H](Cc2ccccc2-c2ccccc2)C1=O. The molecule has 1 N–H and O–H groups in total. The van der Waals surface area contributed by atoms with Crippen molar-refractivity contribution in [3.8, 4) is 11.1 Å². The minimum atomic E-state index is -0.408. The van der Waals surface area contributed by atoms with E-state index in [9.17, 15) is 14.4 Å². The number of nitrogens with one attached hydrogen (secondary N) is 1. The van der Waals surface area contributed by atoms with E-state index in [1.165, 1.54) is 12.3 Å². The van der Waals surface area contributed by atoms with E-state index < -0.39 is 5.56 Å². The number of carbonyl (C=O) groups is 2. The normalized spacial score (nSPS) is 16.5. The highest BCUT2D eigenvalue weighted by Crippen LogP contribution is 2.27. The summed E-state index contributed by atoms with van der Waals surface area (Å²) in [6, 6.07) is 21.4. The number of hydrogen-bond acceptors (Lipinski definition) is 3. The van der Waals surface area contributed by atoms with E-state index in [1.807, 2.05) is 42.2 Å². The monoisotopic (exact) mass is 443 g/mol. The largest absolute Gasteiger partial charge is 0.341 e. The second-order valence-corrected chi connectivity index (χ2v) is 8.41. The highest BCUT2D eigenvalue weighted by Gasteiger charge is 2.33. The molecule has 33 heavy (non-hydrogen) atoms. The summed E-state index contributed by atoms with van der Waals surface area (Å²) in [5.41, 5.74) is 2.97. The average Bonchev–Trinajstić information content (AvgIpc) is 2.99. The highest BCUT2D eigenvalue weighted by molar-refractivity contribution is 5.94. The number of hydrogen-bond donors (Lipinski definition) is 1. The van der Waals surface area contributed by atoms with Crippen molar-refractivity contribution in [2.24, 2.45) is 5.92 Å². The first-order valence-corrected chi connectivity index (χ1v) is 11.5. The Bertz CT molecular complexity index is 1170. The van der Waals surface area contributed by atoms with Crippen molar-refractivity contribution in [2.45, 2.75) is 19.8 Å². The van der Waals surface area contributed by atoms with Crippen LogP contribution in [0.2, 0.25) is 0 Å². The zero-order chi connectivity index (χ0) is 23.2. The molecular formula is C27H29N3O3. The van der Waals surface area contributed by atoms with E-state index >= 15 is 0 Å². The maximum Gasteiger partial charge on any atom is 0.260 e. The first kappa shape index (κ1) is 22.5. The van der Waals surface area contributed by atoms with Gasteiger partial charge in [-0.3, -0.25) is 14.4 Å². The van der Waals surface area contributed by atoms with Crippen LogP contribution in [-0.2, 0) is 11.2 Å². The van der Waals surface area contributed by atoms with Crippen molar-refractivity contribution in [3.63, 3.8) is 0 Å². The summed E-state index contributed by atoms with van der Waals surface area (Å²) in [7, 11) is 0. The number of nitrogens with zero attached hydrogens (tertiary/aromatic N) is 2. The number of pyridine rings is 1. The van der Waals surface area contributed by atoms with Crippen LogP contribution in [-0.4, -0.2) is 52.8 Å². The van der Waals surface area contributed by atoms with Crippen molar-refractivity contribution >= 4 is 11.8 Å². The Hall–Kier alpha value is -3.67. The molecule has 1 aliphatic heterocycles. The number of rotatable bonds is 6. The van der Waals surface area contributed by atoms with Gasteiger partial charge < -0.3 is 14.8 Å². The summed E-state index contributed by atoms with van der Waals surface area (Å²) >= 11 is 0. The van der Waals surface area contributed by atoms with Crippen LogP contribution in [0.4, 0.5) is 0 Å². The van der Waals surface area contributed by atoms with Crippen LogP contribution < -0.4 is 5.56 Å². The number of benzene rings is 2. The molecule has 1 aromatic heterocycles. The molecule has 2 amide bonds. The summed E-state index contributed by atoms with van der Waals surface area (Å²) in [6.07, 6.45) is 2.89. The van der Waals surface area contributed by atoms with Gasteiger partial charge in [-0.25, -0.2) is 0 Å². The Balaban J connectivity index is 1.65. The van der Waals surface area contributed by atoms with Gasteiger partial charge in [-0.1, -0.05) is 61.5 Å². The first-order chi connectivity index (χ1) is 16.1. The molecule has 0 spiro atoms. The standard InChI is InChI=1S/C27H29N3O3/c1-2-15-29-16-17-30(27(33)24-13-8-14-28-25(24)31)19-22(26(29)32)18-21-11-6-7-12-23(21)20-9-4-3-5-10-20/h3-14,22H,2,15-19H2,1H3,(H,28,31)/t22-/m0/s1. The van der Waals surface area contributed by atoms with E-state index in [2.05, 4.69) is 29.2 Å². The topological polar surface area (TPSA) is 73.5 Å². The molecule has 0 unspecified atom stereocenters. The molecule has 1 aliphatic rings. The predicted octanol–water partition coefficient (Wildman–Crippen LogP) is 3.60. The van der Waals surface area contributed by atoms with Gasteiger partial charge in [0, 0.05) is 32.4 Å². The van der Waals surface area contributed by atoms with Crippen molar-refractivity contribution < 1.29 is 9.59 Å². The number of aromatic amines is 1. The second kappa shape index (κ2) is 10.3. The number of amides is 2. The Morgan fingerprint density at radius 2 is 1.73 bits per heavy atom. The van der Waals surface area contributed by atoms with Gasteiger partial charge in [-0.05, 0) is 41.7 Å². The average molecular weight is 444 g/mol. The van der Waals surface area contributed by atoms with Gasteiger partial charge in [-0.15, -0.1) is 0 Å². The third-order valence-electron chi connectivity index (χ3n) is 6.14. The molecule has 6 heteroatoms. The zero-order valence-corrected chi connectivity index (χ0v) is 18.9. The number of aromatic nitrogens is 1. The van der Waals surface area contributed by atoms with Gasteiger partial charge in [0.15, 0.2) is 0 Å². The lowest BCUT2D eigenvalue weighted by atomic mass is 9.91. The van der Waals surface area contributed by atoms with Crippen LogP contribution in [0.3, 0.4) is 0 Å². The lowest BCUT2D eigenvalue weighted by Gasteiger charge is -2.24. The quantitative estimate of drug-likeness (QED) is 0.633. The Morgan fingerprint density at radius 3 is 2.48 bits per heavy atom. The third-order valence-corrected chi connectivity index (χ3v) is 6.14. The fourth-order valence-electron chi connectivity index (χ4n) is 4.50. The molecule has 170 valence electrons. The first-order valence-electron chi connectivity index (χ1n) is 11.5. The molecule has 1 saturated heterocycles. The second-order valence-electron chi connectivity index (χ2n) is 8.41. The minimum Gasteiger partial charge on any atom is -0.341 e. The van der Waals surface area contributed by atoms with E-state index in [4.69, 9.17) is 0 Å². The molecule has 4 rings (SSSR count). The van der Waals surface area contributed by atoms with Crippen LogP contribution in [0.15, 0.2) is 77.7 Å². The van der Waals surface area contributed by atoms with Gasteiger partial charge in [0.2, 0.25) is 5.91 Å². The van der Waals surface area contributed by atoms with Crippen LogP contribution in [0.1, 0.15) is 29.3 Å². The molecule has 1 fully saturated rings. The molecule has 3 aromatic rings. The molecule has 0 saturated carbocycles. The van der Waals surface area contributed by atoms with Crippen molar-refractivity contribution in [1.29, 1.82) is 0 Å². The lowest BCUT2D eigenvalue weighted by Crippen LogP contribution is -2.39. The zero-order valence-electron chi connectivity index (χ0n) is 18.9. The molecule has 0 bridgehead atoms. The van der Waals surface area contributed by atoms with Gasteiger partial charge in [0.25, 0.3) is 11.5 Å². The number of H-pyrrole nitrogens is 1. The van der Waals surface area contributed by atoms with Crippen molar-refractivity contribution in [2.75, 3.05) is 26.2 Å². The smallest absolute Gasteiger partial charge is 0.260 e. The molecule has 0 radical (unpaired) electrons. The van der Waals surface area contributed by atoms with E-state index in [0.717, 1.165) is 23.1 Å². The predicted molar refractivity (Wildman–Crippen MR) is 129 cm³/mol. The summed E-state index contributed by atoms with van der Waals surface area (Å²) in [5, 5.41) is 0. The van der Waals surface area contributed by atoms with Crippen LogP contribution in [0, 0.1) is 5.92 Å². The van der Waals surface area contributed by atoms with Crippen LogP contribution in [0.25, 0.3) is 11.1 Å². The van der Waals surface area contributed by atoms with Gasteiger partial charge in [0.05, 0.1) is 5.92 Å². The van der Waals surface area contributed by atoms with Gasteiger partial charge >= 0.3 is 0 Å². The summed E-state index contributed by atoms with van der Waals surface area (Å²) < 4.78 is 0. The molecular weight excluding hydrogens is 414 g/mol. The molecule has 6 nitrogen and oxygen atoms in total. The van der Waals surface area contributed by atoms with Crippen LogP contribution >= 0.6 is 0 Å². The van der Waals surface area contributed by atoms with Crippen molar-refractivity contribution in [1.82, 2.24) is 14.8 Å². The highest BCUT2D eigenvalue weighted by atomic mass is 16.2. The molecule has 0 aliphatic carbocycles. The van der Waals surface area contributed by atoms with E-state index in [1.54, 1.807) is 11.0 Å². The van der Waals surface area contributed by atoms with Crippen LogP contribution in [0.5, 0.6) is 0 Å². The number of carbonyl (C=O) groups excluding carboxylic acids is 2. The van der Waals surface area contributed by atoms with Crippen molar-refractivity contribution in [3.05, 3.63) is 94.4 Å². The fraction of sp³-hybridized carbons (Fsp3) is 0.296. The third kappa shape index (κ3) is 5.06. The minimum absolute atomic E-state index is 0.0667. The lowest BCUT2D eigenvalue weighted by molar-refractivity contribution is -0.134. The van der Waals surface area contributed by atoms with E-state index in [-0.39, 0.29) is 29.8 Å². The van der Waals surface area contributed by atoms with E-state index in [0.29, 0.717) is 26.1 Å². The Morgan fingerprint density at radius 1 is 0.970 bits per heavy atom. The molecule has 1 atom stereocenters. The molecule has 2 heterocycles. The fourth-order valence-corrected chi connectivity index (χ4v) is 4.50.